The number of hydrogen-bond donors (Lipinski definition) is 0. The smallest absolute Gasteiger partial charge is 0.0919 e. The Bertz CT molecular complexity index is 519. The van der Waals surface area contributed by atoms with Crippen LogP contribution in [0, 0.1) is 0 Å². The molecule has 1 aromatic carbocycles. The van der Waals surface area contributed by atoms with E-state index in [4.69, 9.17) is 46.4 Å². The summed E-state index contributed by atoms with van der Waals surface area (Å²) < 4.78 is 0. The average Bonchev–Trinajstić information content (AvgIpc) is 2.20. The summed E-state index contributed by atoms with van der Waals surface area (Å²) in [5.41, 5.74) is 1.15. The lowest BCUT2D eigenvalue weighted by atomic mass is 10.1. The number of nitrogens with zero attached hydrogens (tertiary/aromatic N) is 1. The molecule has 0 saturated heterocycles. The molecule has 0 saturated carbocycles. The molecule has 2 aromatic rings. The maximum Gasteiger partial charge on any atom is 0.0919 e. The summed E-state index contributed by atoms with van der Waals surface area (Å²) in [7, 11) is 0. The van der Waals surface area contributed by atoms with Gasteiger partial charge in [-0.25, -0.2) is 0 Å². The van der Waals surface area contributed by atoms with Crippen molar-refractivity contribution in [2.75, 3.05) is 0 Å². The van der Waals surface area contributed by atoms with Crippen molar-refractivity contribution in [2.45, 2.75) is 0 Å². The minimum absolute atomic E-state index is 0.419. The van der Waals surface area contributed by atoms with Crippen LogP contribution < -0.4 is 0 Å². The number of hydrogen-bond acceptors (Lipinski definition) is 1. The molecular weight excluding hydrogens is 288 g/mol. The third-order valence-corrected chi connectivity index (χ3v) is 3.13. The summed E-state index contributed by atoms with van der Waals surface area (Å²) in [6, 6.07) is 6.83. The highest BCUT2D eigenvalue weighted by molar-refractivity contribution is 6.41. The van der Waals surface area contributed by atoms with E-state index in [0.717, 1.165) is 0 Å². The number of benzene rings is 1. The van der Waals surface area contributed by atoms with E-state index in [9.17, 15) is 0 Å². The molecule has 0 fully saturated rings. The summed E-state index contributed by atoms with van der Waals surface area (Å²) in [5.74, 6) is 0. The summed E-state index contributed by atoms with van der Waals surface area (Å²) in [6.07, 6.45) is 1.50. The van der Waals surface area contributed by atoms with Gasteiger partial charge < -0.3 is 0 Å². The first-order chi connectivity index (χ1) is 7.59. The molecule has 5 heteroatoms. The highest BCUT2D eigenvalue weighted by Gasteiger charge is 2.13. The molecule has 0 aliphatic carbocycles. The Morgan fingerprint density at radius 2 is 1.50 bits per heavy atom. The molecule has 0 unspecified atom stereocenters. The molecule has 0 bridgehead atoms. The normalized spacial score (nSPS) is 10.5. The number of aromatic nitrogens is 1. The Hall–Kier alpha value is -0.470. The van der Waals surface area contributed by atoms with Gasteiger partial charge in [0.25, 0.3) is 0 Å². The van der Waals surface area contributed by atoms with Gasteiger partial charge >= 0.3 is 0 Å². The van der Waals surface area contributed by atoms with Gasteiger partial charge in [-0.3, -0.25) is 4.98 Å². The average molecular weight is 293 g/mol. The predicted molar refractivity (Wildman–Crippen MR) is 69.7 cm³/mol. The number of pyridine rings is 1. The van der Waals surface area contributed by atoms with Crippen LogP contribution in [-0.2, 0) is 0 Å². The van der Waals surface area contributed by atoms with Crippen molar-refractivity contribution in [1.82, 2.24) is 4.98 Å². The van der Waals surface area contributed by atoms with Gasteiger partial charge in [0, 0.05) is 11.8 Å². The van der Waals surface area contributed by atoms with Crippen LogP contribution in [0.1, 0.15) is 0 Å². The maximum atomic E-state index is 6.06. The summed E-state index contributed by atoms with van der Waals surface area (Å²) in [4.78, 5) is 4.14. The zero-order valence-corrected chi connectivity index (χ0v) is 10.9. The molecule has 0 N–H and O–H groups in total. The Balaban J connectivity index is 2.68. The first-order valence-corrected chi connectivity index (χ1v) is 5.86. The second-order valence-corrected chi connectivity index (χ2v) is 4.74. The van der Waals surface area contributed by atoms with Crippen molar-refractivity contribution in [3.63, 3.8) is 0 Å². The maximum absolute atomic E-state index is 6.06. The standard InChI is InChI=1S/C11H5Cl4N/c12-6-4-9(15)11(16-5-6)10-7(13)2-1-3-8(10)14/h1-5H. The summed E-state index contributed by atoms with van der Waals surface area (Å²) >= 11 is 23.9. The minimum Gasteiger partial charge on any atom is -0.253 e. The lowest BCUT2D eigenvalue weighted by molar-refractivity contribution is 1.33. The monoisotopic (exact) mass is 291 g/mol. The predicted octanol–water partition coefficient (Wildman–Crippen LogP) is 5.36. The fourth-order valence-electron chi connectivity index (χ4n) is 1.32. The van der Waals surface area contributed by atoms with Crippen molar-refractivity contribution in [2.24, 2.45) is 0 Å². The van der Waals surface area contributed by atoms with E-state index in [1.807, 2.05) is 0 Å². The second-order valence-electron chi connectivity index (χ2n) is 3.08. The summed E-state index contributed by atoms with van der Waals surface area (Å²) in [5, 5.41) is 1.90. The van der Waals surface area contributed by atoms with Gasteiger partial charge in [0.15, 0.2) is 0 Å². The first kappa shape index (κ1) is 12.0. The number of rotatable bonds is 1. The van der Waals surface area contributed by atoms with Crippen LogP contribution in [-0.4, -0.2) is 4.98 Å². The molecule has 0 atom stereocenters. The van der Waals surface area contributed by atoms with Gasteiger partial charge in [-0.15, -0.1) is 0 Å². The molecule has 1 aromatic heterocycles. The zero-order chi connectivity index (χ0) is 11.7. The van der Waals surface area contributed by atoms with Crippen LogP contribution in [0.3, 0.4) is 0 Å². The molecule has 0 radical (unpaired) electrons. The summed E-state index contributed by atoms with van der Waals surface area (Å²) in [6.45, 7) is 0. The van der Waals surface area contributed by atoms with Crippen LogP contribution in [0.25, 0.3) is 11.3 Å². The van der Waals surface area contributed by atoms with Crippen LogP contribution >= 0.6 is 46.4 Å². The zero-order valence-electron chi connectivity index (χ0n) is 7.85. The molecule has 0 aliphatic rings. The quantitative estimate of drug-likeness (QED) is 0.689. The first-order valence-electron chi connectivity index (χ1n) is 4.35. The molecule has 0 amide bonds. The molecule has 2 rings (SSSR count). The Morgan fingerprint density at radius 3 is 2.06 bits per heavy atom. The van der Waals surface area contributed by atoms with E-state index in [0.29, 0.717) is 31.3 Å². The van der Waals surface area contributed by atoms with Gasteiger partial charge in [0.1, 0.15) is 0 Å². The largest absolute Gasteiger partial charge is 0.253 e. The van der Waals surface area contributed by atoms with E-state index in [2.05, 4.69) is 4.98 Å². The highest BCUT2D eigenvalue weighted by atomic mass is 35.5. The molecule has 16 heavy (non-hydrogen) atoms. The van der Waals surface area contributed by atoms with Crippen molar-refractivity contribution in [3.05, 3.63) is 50.6 Å². The molecule has 0 aliphatic heterocycles. The molecule has 0 spiro atoms. The fourth-order valence-corrected chi connectivity index (χ4v) is 2.37. The fraction of sp³-hybridized carbons (Fsp3) is 0. The van der Waals surface area contributed by atoms with Crippen molar-refractivity contribution in [3.8, 4) is 11.3 Å². The van der Waals surface area contributed by atoms with Gasteiger partial charge in [-0.1, -0.05) is 52.5 Å². The van der Waals surface area contributed by atoms with E-state index in [-0.39, 0.29) is 0 Å². The SMILES string of the molecule is Clc1cnc(-c2c(Cl)cccc2Cl)c(Cl)c1. The van der Waals surface area contributed by atoms with Crippen molar-refractivity contribution >= 4 is 46.4 Å². The van der Waals surface area contributed by atoms with E-state index in [1.165, 1.54) is 6.20 Å². The van der Waals surface area contributed by atoms with Crippen molar-refractivity contribution in [1.29, 1.82) is 0 Å². The molecular formula is C11H5Cl4N. The van der Waals surface area contributed by atoms with Gasteiger partial charge in [0.2, 0.25) is 0 Å². The number of halogens is 4. The van der Waals surface area contributed by atoms with Gasteiger partial charge in [-0.2, -0.15) is 0 Å². The molecule has 82 valence electrons. The van der Waals surface area contributed by atoms with Crippen LogP contribution in [0.2, 0.25) is 20.1 Å². The molecule has 1 heterocycles. The minimum atomic E-state index is 0.419. The van der Waals surface area contributed by atoms with E-state index in [1.54, 1.807) is 24.3 Å². The van der Waals surface area contributed by atoms with Crippen LogP contribution in [0.15, 0.2) is 30.5 Å². The highest BCUT2D eigenvalue weighted by Crippen LogP contribution is 2.37. The third-order valence-electron chi connectivity index (χ3n) is 2.01. The lowest BCUT2D eigenvalue weighted by Crippen LogP contribution is -1.87. The topological polar surface area (TPSA) is 12.9 Å². The van der Waals surface area contributed by atoms with Crippen molar-refractivity contribution < 1.29 is 0 Å². The van der Waals surface area contributed by atoms with Gasteiger partial charge in [-0.05, 0) is 18.2 Å². The Kier molecular flexibility index (Phi) is 3.60. The Morgan fingerprint density at radius 1 is 0.875 bits per heavy atom. The van der Waals surface area contributed by atoms with Crippen LogP contribution in [0.4, 0.5) is 0 Å². The van der Waals surface area contributed by atoms with E-state index < -0.39 is 0 Å². The second kappa shape index (κ2) is 4.80. The third kappa shape index (κ3) is 2.28. The van der Waals surface area contributed by atoms with Crippen LogP contribution in [0.5, 0.6) is 0 Å². The van der Waals surface area contributed by atoms with E-state index >= 15 is 0 Å². The molecule has 1 nitrogen and oxygen atoms in total. The Labute approximate surface area is 113 Å². The lowest BCUT2D eigenvalue weighted by Gasteiger charge is -2.07. The van der Waals surface area contributed by atoms with Gasteiger partial charge in [0.05, 0.1) is 25.8 Å².